The highest BCUT2D eigenvalue weighted by atomic mass is 16.6. The number of benzene rings is 2. The smallest absolute Gasteiger partial charge is 0.408 e. The highest BCUT2D eigenvalue weighted by Crippen LogP contribution is 2.19. The number of carbonyl (C=O) groups excluding carboxylic acids is 2. The molecule has 1 saturated heterocycles. The van der Waals surface area contributed by atoms with Gasteiger partial charge in [-0.2, -0.15) is 0 Å². The first-order valence-electron chi connectivity index (χ1n) is 7.41. The Morgan fingerprint density at radius 2 is 1.74 bits per heavy atom. The maximum atomic E-state index is 11.7. The van der Waals surface area contributed by atoms with Crippen LogP contribution in [0, 0.1) is 0 Å². The second-order valence-electron chi connectivity index (χ2n) is 5.40. The van der Waals surface area contributed by atoms with Crippen LogP contribution in [0.4, 0.5) is 4.79 Å². The van der Waals surface area contributed by atoms with Crippen molar-refractivity contribution < 1.29 is 19.1 Å². The van der Waals surface area contributed by atoms with Gasteiger partial charge in [0, 0.05) is 0 Å². The van der Waals surface area contributed by atoms with Gasteiger partial charge >= 0.3 is 12.1 Å². The van der Waals surface area contributed by atoms with Crippen LogP contribution in [0.5, 0.6) is 0 Å². The lowest BCUT2D eigenvalue weighted by Crippen LogP contribution is -2.58. The van der Waals surface area contributed by atoms with Gasteiger partial charge in [0.05, 0.1) is 0 Å². The van der Waals surface area contributed by atoms with Crippen molar-refractivity contribution >= 4 is 12.1 Å². The molecule has 5 heteroatoms. The van der Waals surface area contributed by atoms with E-state index in [0.717, 1.165) is 16.7 Å². The molecule has 0 bridgehead atoms. The second kappa shape index (κ2) is 6.52. The van der Waals surface area contributed by atoms with Crippen LogP contribution in [0.1, 0.15) is 12.5 Å². The van der Waals surface area contributed by atoms with Crippen molar-refractivity contribution in [3.63, 3.8) is 0 Å². The molecule has 1 fully saturated rings. The first kappa shape index (κ1) is 15.1. The number of hydrogen-bond acceptors (Lipinski definition) is 4. The van der Waals surface area contributed by atoms with Gasteiger partial charge in [0.2, 0.25) is 0 Å². The highest BCUT2D eigenvalue weighted by molar-refractivity contribution is 5.86. The molecule has 0 spiro atoms. The van der Waals surface area contributed by atoms with Crippen LogP contribution < -0.4 is 5.32 Å². The SMILES string of the molecule is CC1OC(=O)[C@@H]1NC(=O)OCc1ccc(-c2ccccc2)cc1. The van der Waals surface area contributed by atoms with Crippen LogP contribution in [0.3, 0.4) is 0 Å². The number of hydrogen-bond donors (Lipinski definition) is 1. The Balaban J connectivity index is 1.52. The van der Waals surface area contributed by atoms with Crippen LogP contribution >= 0.6 is 0 Å². The molecular formula is C18H17NO4. The Labute approximate surface area is 134 Å². The van der Waals surface area contributed by atoms with Gasteiger partial charge in [0.1, 0.15) is 12.7 Å². The summed E-state index contributed by atoms with van der Waals surface area (Å²) in [5, 5.41) is 2.49. The van der Waals surface area contributed by atoms with Crippen LogP contribution in [0.15, 0.2) is 54.6 Å². The summed E-state index contributed by atoms with van der Waals surface area (Å²) in [6.45, 7) is 1.87. The van der Waals surface area contributed by atoms with E-state index in [4.69, 9.17) is 9.47 Å². The predicted molar refractivity (Wildman–Crippen MR) is 84.5 cm³/mol. The summed E-state index contributed by atoms with van der Waals surface area (Å²) in [4.78, 5) is 22.8. The minimum atomic E-state index is -0.620. The first-order chi connectivity index (χ1) is 11.1. The molecule has 1 aliphatic heterocycles. The number of carbonyl (C=O) groups is 2. The summed E-state index contributed by atoms with van der Waals surface area (Å²) < 4.78 is 9.88. The quantitative estimate of drug-likeness (QED) is 0.882. The van der Waals surface area contributed by atoms with E-state index in [0.29, 0.717) is 0 Å². The standard InChI is InChI=1S/C18H17NO4/c1-12-16(17(20)23-12)19-18(21)22-11-13-7-9-15(10-8-13)14-5-3-2-4-6-14/h2-10,12,16H,11H2,1H3,(H,19,21)/t12?,16-/m1/s1. The summed E-state index contributed by atoms with van der Waals surface area (Å²) in [7, 11) is 0. The lowest BCUT2D eigenvalue weighted by Gasteiger charge is -2.32. The summed E-state index contributed by atoms with van der Waals surface area (Å²) in [6, 6.07) is 17.2. The van der Waals surface area contributed by atoms with Crippen molar-refractivity contribution in [1.82, 2.24) is 5.32 Å². The van der Waals surface area contributed by atoms with Crippen molar-refractivity contribution in [2.75, 3.05) is 0 Å². The molecule has 1 heterocycles. The Hall–Kier alpha value is -2.82. The molecule has 118 valence electrons. The zero-order chi connectivity index (χ0) is 16.2. The number of ether oxygens (including phenoxy) is 2. The Bertz CT molecular complexity index is 697. The van der Waals surface area contributed by atoms with E-state index in [1.165, 1.54) is 0 Å². The fourth-order valence-corrected chi connectivity index (χ4v) is 2.36. The van der Waals surface area contributed by atoms with Gasteiger partial charge in [-0.1, -0.05) is 54.6 Å². The zero-order valence-corrected chi connectivity index (χ0v) is 12.7. The molecule has 2 atom stereocenters. The number of amides is 1. The minimum absolute atomic E-state index is 0.150. The largest absolute Gasteiger partial charge is 0.458 e. The molecule has 1 amide bonds. The lowest BCUT2D eigenvalue weighted by molar-refractivity contribution is -0.174. The molecule has 23 heavy (non-hydrogen) atoms. The van der Waals surface area contributed by atoms with Gasteiger partial charge in [-0.25, -0.2) is 9.59 Å². The number of alkyl carbamates (subject to hydrolysis) is 1. The molecule has 1 unspecified atom stereocenters. The normalized spacial score (nSPS) is 19.4. The molecule has 3 rings (SSSR count). The van der Waals surface area contributed by atoms with E-state index in [-0.39, 0.29) is 12.7 Å². The third-order valence-electron chi connectivity index (χ3n) is 3.73. The predicted octanol–water partition coefficient (Wildman–Crippen LogP) is 2.89. The molecule has 0 saturated carbocycles. The fourth-order valence-electron chi connectivity index (χ4n) is 2.36. The number of rotatable bonds is 4. The number of cyclic esters (lactones) is 1. The maximum Gasteiger partial charge on any atom is 0.408 e. The van der Waals surface area contributed by atoms with E-state index in [1.54, 1.807) is 6.92 Å². The maximum absolute atomic E-state index is 11.7. The highest BCUT2D eigenvalue weighted by Gasteiger charge is 2.40. The van der Waals surface area contributed by atoms with Crippen molar-refractivity contribution in [2.24, 2.45) is 0 Å². The first-order valence-corrected chi connectivity index (χ1v) is 7.41. The summed E-state index contributed by atoms with van der Waals surface area (Å²) in [5.74, 6) is -0.429. The van der Waals surface area contributed by atoms with Crippen LogP contribution in [-0.2, 0) is 20.9 Å². The zero-order valence-electron chi connectivity index (χ0n) is 12.7. The van der Waals surface area contributed by atoms with Gasteiger partial charge in [-0.15, -0.1) is 0 Å². The van der Waals surface area contributed by atoms with Crippen molar-refractivity contribution in [3.05, 3.63) is 60.2 Å². The van der Waals surface area contributed by atoms with E-state index < -0.39 is 18.1 Å². The van der Waals surface area contributed by atoms with Crippen molar-refractivity contribution in [3.8, 4) is 11.1 Å². The molecule has 1 aliphatic rings. The average Bonchev–Trinajstić information content (AvgIpc) is 2.59. The van der Waals surface area contributed by atoms with Gasteiger partial charge in [-0.05, 0) is 23.6 Å². The van der Waals surface area contributed by atoms with Gasteiger partial charge in [-0.3, -0.25) is 0 Å². The molecule has 5 nitrogen and oxygen atoms in total. The summed E-state index contributed by atoms with van der Waals surface area (Å²) in [5.41, 5.74) is 3.11. The Kier molecular flexibility index (Phi) is 4.28. The monoisotopic (exact) mass is 311 g/mol. The number of esters is 1. The fraction of sp³-hybridized carbons (Fsp3) is 0.222. The van der Waals surface area contributed by atoms with Crippen LogP contribution in [0.2, 0.25) is 0 Å². The molecule has 0 aliphatic carbocycles. The van der Waals surface area contributed by atoms with Crippen molar-refractivity contribution in [2.45, 2.75) is 25.7 Å². The van der Waals surface area contributed by atoms with Crippen LogP contribution in [-0.4, -0.2) is 24.2 Å². The third-order valence-corrected chi connectivity index (χ3v) is 3.73. The molecule has 1 N–H and O–H groups in total. The van der Waals surface area contributed by atoms with Crippen molar-refractivity contribution in [1.29, 1.82) is 0 Å². The van der Waals surface area contributed by atoms with Crippen LogP contribution in [0.25, 0.3) is 11.1 Å². The third kappa shape index (κ3) is 3.51. The molecule has 2 aromatic carbocycles. The summed E-state index contributed by atoms with van der Waals surface area (Å²) >= 11 is 0. The van der Waals surface area contributed by atoms with Gasteiger partial charge in [0.25, 0.3) is 0 Å². The van der Waals surface area contributed by atoms with E-state index in [9.17, 15) is 9.59 Å². The van der Waals surface area contributed by atoms with Gasteiger partial charge < -0.3 is 14.8 Å². The minimum Gasteiger partial charge on any atom is -0.458 e. The lowest BCUT2D eigenvalue weighted by atomic mass is 10.0. The molecule has 0 aromatic heterocycles. The molecule has 2 aromatic rings. The van der Waals surface area contributed by atoms with E-state index >= 15 is 0 Å². The topological polar surface area (TPSA) is 64.6 Å². The average molecular weight is 311 g/mol. The Morgan fingerprint density at radius 1 is 1.09 bits per heavy atom. The molecule has 0 radical (unpaired) electrons. The van der Waals surface area contributed by atoms with E-state index in [1.807, 2.05) is 54.6 Å². The molecular weight excluding hydrogens is 294 g/mol. The van der Waals surface area contributed by atoms with Gasteiger partial charge in [0.15, 0.2) is 6.04 Å². The number of nitrogens with one attached hydrogen (secondary N) is 1. The summed E-state index contributed by atoms with van der Waals surface area (Å²) in [6.07, 6.45) is -0.925. The Morgan fingerprint density at radius 3 is 2.35 bits per heavy atom. The van der Waals surface area contributed by atoms with E-state index in [2.05, 4.69) is 5.32 Å². The second-order valence-corrected chi connectivity index (χ2v) is 5.40.